The molecule has 0 unspecified atom stereocenters. The van der Waals surface area contributed by atoms with Crippen LogP contribution in [0.5, 0.6) is 11.5 Å². The molecule has 0 heterocycles. The minimum Gasteiger partial charge on any atom is -0.506 e. The number of phenols is 1. The first kappa shape index (κ1) is 18.2. The van der Waals surface area contributed by atoms with Crippen molar-refractivity contribution in [1.82, 2.24) is 0 Å². The second-order valence-electron chi connectivity index (χ2n) is 6.57. The summed E-state index contributed by atoms with van der Waals surface area (Å²) in [5.74, 6) is 0.173. The van der Waals surface area contributed by atoms with Gasteiger partial charge in [0.25, 0.3) is 0 Å². The van der Waals surface area contributed by atoms with Crippen molar-refractivity contribution in [2.45, 2.75) is 13.8 Å². The van der Waals surface area contributed by atoms with Crippen LogP contribution in [0.25, 0.3) is 32.7 Å². The van der Waals surface area contributed by atoms with E-state index in [0.717, 1.165) is 27.5 Å². The van der Waals surface area contributed by atoms with Gasteiger partial charge in [-0.25, -0.2) is 0 Å². The first-order valence-electron chi connectivity index (χ1n) is 9.07. The fraction of sp³-hybridized carbons (Fsp3) is 0.125. The van der Waals surface area contributed by atoms with Crippen molar-refractivity contribution >= 4 is 33.1 Å². The highest BCUT2D eigenvalue weighted by Gasteiger charge is 2.24. The molecular formula is C24H18ClNO2. The standard InChI is InChI=1S/C24H18ClNO2/c1-3-28-24-18(13-26)20-14(2)19(15-9-5-4-6-10-15)16-11-7-8-12-17(16)21(20)23(27)22(24)25/h4-12,27H,3H2,1-2H3. The average Bonchev–Trinajstić information content (AvgIpc) is 2.72. The van der Waals surface area contributed by atoms with Gasteiger partial charge in [0.05, 0.1) is 6.61 Å². The van der Waals surface area contributed by atoms with Crippen LogP contribution in [0.4, 0.5) is 0 Å². The maximum atomic E-state index is 10.9. The number of ether oxygens (including phenoxy) is 1. The molecule has 0 amide bonds. The lowest BCUT2D eigenvalue weighted by atomic mass is 9.86. The van der Waals surface area contributed by atoms with Crippen molar-refractivity contribution in [1.29, 1.82) is 5.26 Å². The zero-order valence-electron chi connectivity index (χ0n) is 15.6. The van der Waals surface area contributed by atoms with E-state index in [0.29, 0.717) is 22.9 Å². The molecule has 4 rings (SSSR count). The molecule has 28 heavy (non-hydrogen) atoms. The Morgan fingerprint density at radius 1 is 1.00 bits per heavy atom. The van der Waals surface area contributed by atoms with E-state index in [4.69, 9.17) is 16.3 Å². The van der Waals surface area contributed by atoms with Crippen LogP contribution in [-0.2, 0) is 0 Å². The monoisotopic (exact) mass is 387 g/mol. The van der Waals surface area contributed by atoms with Gasteiger partial charge >= 0.3 is 0 Å². The maximum Gasteiger partial charge on any atom is 0.160 e. The van der Waals surface area contributed by atoms with Crippen molar-refractivity contribution in [3.63, 3.8) is 0 Å². The van der Waals surface area contributed by atoms with Gasteiger partial charge in [0.2, 0.25) is 0 Å². The summed E-state index contributed by atoms with van der Waals surface area (Å²) in [4.78, 5) is 0. The molecule has 0 saturated carbocycles. The molecule has 0 aliphatic rings. The molecular weight excluding hydrogens is 370 g/mol. The fourth-order valence-corrected chi connectivity index (χ4v) is 4.17. The first-order valence-corrected chi connectivity index (χ1v) is 9.45. The van der Waals surface area contributed by atoms with Gasteiger partial charge in [0.15, 0.2) is 5.75 Å². The maximum absolute atomic E-state index is 10.9. The van der Waals surface area contributed by atoms with Crippen molar-refractivity contribution in [2.75, 3.05) is 6.61 Å². The number of fused-ring (bicyclic) bond motifs is 3. The second kappa shape index (κ2) is 7.07. The van der Waals surface area contributed by atoms with Crippen molar-refractivity contribution in [3.8, 4) is 28.7 Å². The topological polar surface area (TPSA) is 53.2 Å². The molecule has 0 spiro atoms. The van der Waals surface area contributed by atoms with Crippen LogP contribution in [0, 0.1) is 18.3 Å². The SMILES string of the molecule is CCOc1c(Cl)c(O)c2c(c(C)c(-c3ccccc3)c3ccccc32)c1C#N. The molecule has 1 N–H and O–H groups in total. The van der Waals surface area contributed by atoms with Gasteiger partial charge in [-0.3, -0.25) is 0 Å². The number of hydrogen-bond acceptors (Lipinski definition) is 3. The van der Waals surface area contributed by atoms with Crippen LogP contribution < -0.4 is 4.74 Å². The van der Waals surface area contributed by atoms with Gasteiger partial charge in [0, 0.05) is 10.8 Å². The first-order chi connectivity index (χ1) is 13.6. The summed E-state index contributed by atoms with van der Waals surface area (Å²) in [7, 11) is 0. The van der Waals surface area contributed by atoms with E-state index in [1.54, 1.807) is 0 Å². The van der Waals surface area contributed by atoms with Crippen LogP contribution in [0.3, 0.4) is 0 Å². The number of phenolic OH excluding ortho intramolecular Hbond substituents is 1. The smallest absolute Gasteiger partial charge is 0.160 e. The molecule has 4 aromatic carbocycles. The van der Waals surface area contributed by atoms with Crippen LogP contribution >= 0.6 is 11.6 Å². The van der Waals surface area contributed by atoms with Gasteiger partial charge in [-0.2, -0.15) is 5.26 Å². The molecule has 0 fully saturated rings. The second-order valence-corrected chi connectivity index (χ2v) is 6.95. The number of aromatic hydroxyl groups is 1. The van der Waals surface area contributed by atoms with Crippen molar-refractivity contribution in [2.24, 2.45) is 0 Å². The Hall–Kier alpha value is -3.22. The summed E-state index contributed by atoms with van der Waals surface area (Å²) < 4.78 is 5.65. The summed E-state index contributed by atoms with van der Waals surface area (Å²) in [6.07, 6.45) is 0. The molecule has 0 aliphatic heterocycles. The summed E-state index contributed by atoms with van der Waals surface area (Å²) in [5, 5.41) is 24.1. The van der Waals surface area contributed by atoms with Crippen molar-refractivity contribution < 1.29 is 9.84 Å². The minimum absolute atomic E-state index is 0.0574. The van der Waals surface area contributed by atoms with Crippen LogP contribution in [0.1, 0.15) is 18.1 Å². The predicted octanol–water partition coefficient (Wildman–Crippen LogP) is 6.60. The molecule has 138 valence electrons. The molecule has 0 bridgehead atoms. The van der Waals surface area contributed by atoms with E-state index in [-0.39, 0.29) is 16.5 Å². The van der Waals surface area contributed by atoms with Gasteiger partial charge in [-0.1, -0.05) is 66.2 Å². The normalized spacial score (nSPS) is 10.9. The lowest BCUT2D eigenvalue weighted by molar-refractivity contribution is 0.338. The van der Waals surface area contributed by atoms with E-state index in [2.05, 4.69) is 6.07 Å². The summed E-state index contributed by atoms with van der Waals surface area (Å²) in [6.45, 7) is 4.14. The molecule has 0 atom stereocenters. The zero-order valence-corrected chi connectivity index (χ0v) is 16.3. The molecule has 4 aromatic rings. The largest absolute Gasteiger partial charge is 0.506 e. The van der Waals surface area contributed by atoms with Gasteiger partial charge in [-0.15, -0.1) is 0 Å². The average molecular weight is 388 g/mol. The van der Waals surface area contributed by atoms with E-state index >= 15 is 0 Å². The quantitative estimate of drug-likeness (QED) is 0.403. The summed E-state index contributed by atoms with van der Waals surface area (Å²) in [6, 6.07) is 20.2. The highest BCUT2D eigenvalue weighted by molar-refractivity contribution is 6.36. The van der Waals surface area contributed by atoms with Crippen LogP contribution in [0.15, 0.2) is 54.6 Å². The Balaban J connectivity index is 2.32. The molecule has 3 nitrogen and oxygen atoms in total. The Labute approximate surface area is 168 Å². The number of aryl methyl sites for hydroxylation is 1. The third kappa shape index (κ3) is 2.58. The summed E-state index contributed by atoms with van der Waals surface area (Å²) >= 11 is 6.42. The van der Waals surface area contributed by atoms with Gasteiger partial charge in [-0.05, 0) is 41.3 Å². The van der Waals surface area contributed by atoms with E-state index in [9.17, 15) is 10.4 Å². The fourth-order valence-electron chi connectivity index (χ4n) is 3.93. The Kier molecular flexibility index (Phi) is 4.58. The highest BCUT2D eigenvalue weighted by atomic mass is 35.5. The van der Waals surface area contributed by atoms with Crippen molar-refractivity contribution in [3.05, 3.63) is 70.7 Å². The number of halogens is 1. The van der Waals surface area contributed by atoms with Gasteiger partial charge < -0.3 is 9.84 Å². The van der Waals surface area contributed by atoms with Crippen LogP contribution in [0.2, 0.25) is 5.02 Å². The lowest BCUT2D eigenvalue weighted by Crippen LogP contribution is -2.00. The third-order valence-electron chi connectivity index (χ3n) is 5.05. The van der Waals surface area contributed by atoms with Gasteiger partial charge in [0.1, 0.15) is 22.4 Å². The van der Waals surface area contributed by atoms with E-state index < -0.39 is 0 Å². The Bertz CT molecular complexity index is 1260. The van der Waals surface area contributed by atoms with E-state index in [1.807, 2.05) is 68.4 Å². The summed E-state index contributed by atoms with van der Waals surface area (Å²) in [5.41, 5.74) is 3.34. The molecule has 0 aromatic heterocycles. The predicted molar refractivity (Wildman–Crippen MR) is 114 cm³/mol. The molecule has 0 aliphatic carbocycles. The third-order valence-corrected chi connectivity index (χ3v) is 5.40. The number of hydrogen-bond donors (Lipinski definition) is 1. The number of benzene rings is 4. The Morgan fingerprint density at radius 3 is 2.29 bits per heavy atom. The number of nitrogens with zero attached hydrogens (tertiary/aromatic N) is 1. The molecule has 0 saturated heterocycles. The number of rotatable bonds is 3. The van der Waals surface area contributed by atoms with E-state index in [1.165, 1.54) is 0 Å². The zero-order chi connectivity index (χ0) is 19.8. The molecule has 0 radical (unpaired) electrons. The lowest BCUT2D eigenvalue weighted by Gasteiger charge is -2.20. The highest BCUT2D eigenvalue weighted by Crippen LogP contribution is 2.49. The minimum atomic E-state index is -0.0574. The van der Waals surface area contributed by atoms with Crippen LogP contribution in [-0.4, -0.2) is 11.7 Å². The molecule has 4 heteroatoms. The number of nitriles is 1. The Morgan fingerprint density at radius 2 is 1.64 bits per heavy atom.